The molecule has 5 heteroatoms. The van der Waals surface area contributed by atoms with Gasteiger partial charge < -0.3 is 9.64 Å². The number of hydrogen-bond acceptors (Lipinski definition) is 5. The first-order valence-electron chi connectivity index (χ1n) is 12.9. The Bertz CT molecular complexity index is 1260. The number of nitrogens with one attached hydrogen (secondary N) is 1. The fourth-order valence-electron chi connectivity index (χ4n) is 5.50. The highest BCUT2D eigenvalue weighted by atomic mass is 16.5. The van der Waals surface area contributed by atoms with Crippen LogP contribution in [0.1, 0.15) is 68.6 Å². The molecule has 0 spiro atoms. The maximum absolute atomic E-state index is 6.57. The monoisotopic (exact) mass is 466 g/mol. The molecule has 0 amide bonds. The Morgan fingerprint density at radius 2 is 1.94 bits per heavy atom. The van der Waals surface area contributed by atoms with Gasteiger partial charge in [-0.25, -0.2) is 9.97 Å². The first kappa shape index (κ1) is 23.2. The molecule has 1 saturated heterocycles. The number of ether oxygens (including phenoxy) is 1. The zero-order valence-electron chi connectivity index (χ0n) is 21.0. The molecule has 3 aromatic rings. The van der Waals surface area contributed by atoms with Gasteiger partial charge in [0.15, 0.2) is 0 Å². The Morgan fingerprint density at radius 1 is 1.09 bits per heavy atom. The lowest BCUT2D eigenvalue weighted by Crippen LogP contribution is -2.35. The van der Waals surface area contributed by atoms with Crippen molar-refractivity contribution in [2.75, 3.05) is 23.4 Å². The Hall–Kier alpha value is -3.52. The summed E-state index contributed by atoms with van der Waals surface area (Å²) in [6.45, 7) is 8.08. The molecule has 180 valence electrons. The van der Waals surface area contributed by atoms with Crippen molar-refractivity contribution < 1.29 is 4.74 Å². The first-order chi connectivity index (χ1) is 17.2. The average Bonchev–Trinajstić information content (AvgIpc) is 3.48. The Morgan fingerprint density at radius 3 is 2.80 bits per heavy atom. The predicted octanol–water partition coefficient (Wildman–Crippen LogP) is 6.53. The lowest BCUT2D eigenvalue weighted by molar-refractivity contribution is 0.289. The molecule has 5 rings (SSSR count). The second kappa shape index (κ2) is 10.4. The van der Waals surface area contributed by atoms with Gasteiger partial charge in [0.1, 0.15) is 30.3 Å². The number of rotatable bonds is 7. The largest absolute Gasteiger partial charge is 0.491 e. The number of aromatic nitrogens is 2. The van der Waals surface area contributed by atoms with Crippen LogP contribution in [0, 0.1) is 18.9 Å². The number of fused-ring (bicyclic) bond motifs is 3. The Kier molecular flexibility index (Phi) is 6.90. The van der Waals surface area contributed by atoms with Crippen molar-refractivity contribution in [3.05, 3.63) is 65.5 Å². The first-order valence-corrected chi connectivity index (χ1v) is 12.9. The molecule has 1 N–H and O–H groups in total. The zero-order valence-corrected chi connectivity index (χ0v) is 21.0. The molecule has 1 aliphatic heterocycles. The molecule has 0 radical (unpaired) electrons. The van der Waals surface area contributed by atoms with Crippen LogP contribution >= 0.6 is 0 Å². The van der Waals surface area contributed by atoms with Gasteiger partial charge in [-0.1, -0.05) is 56.2 Å². The molecule has 1 fully saturated rings. The van der Waals surface area contributed by atoms with E-state index in [1.54, 1.807) is 6.33 Å². The van der Waals surface area contributed by atoms with Gasteiger partial charge >= 0.3 is 0 Å². The minimum atomic E-state index is 0.275. The average molecular weight is 467 g/mol. The highest BCUT2D eigenvalue weighted by Gasteiger charge is 2.31. The molecule has 2 aliphatic rings. The van der Waals surface area contributed by atoms with E-state index in [-0.39, 0.29) is 6.04 Å². The molecule has 2 heterocycles. The predicted molar refractivity (Wildman–Crippen MR) is 143 cm³/mol. The molecule has 0 bridgehead atoms. The number of nitrogens with zero attached hydrogens (tertiary/aromatic N) is 3. The zero-order chi connectivity index (χ0) is 24.2. The maximum Gasteiger partial charge on any atom is 0.145 e. The second-order valence-electron chi connectivity index (χ2n) is 9.42. The van der Waals surface area contributed by atoms with Gasteiger partial charge in [-0.3, -0.25) is 5.32 Å². The van der Waals surface area contributed by atoms with E-state index in [1.165, 1.54) is 22.3 Å². The van der Waals surface area contributed by atoms with Crippen molar-refractivity contribution in [2.24, 2.45) is 0 Å². The Labute approximate surface area is 209 Å². The summed E-state index contributed by atoms with van der Waals surface area (Å²) in [5.41, 5.74) is 6.43. The molecule has 2 unspecified atom stereocenters. The summed E-state index contributed by atoms with van der Waals surface area (Å²) < 4.78 is 6.57. The third kappa shape index (κ3) is 4.46. The van der Waals surface area contributed by atoms with E-state index in [9.17, 15) is 0 Å². The summed E-state index contributed by atoms with van der Waals surface area (Å²) in [7, 11) is 0. The normalized spacial score (nSPS) is 18.0. The van der Waals surface area contributed by atoms with Gasteiger partial charge in [-0.05, 0) is 55.4 Å². The minimum Gasteiger partial charge on any atom is -0.491 e. The van der Waals surface area contributed by atoms with Crippen LogP contribution in [-0.4, -0.2) is 29.2 Å². The summed E-state index contributed by atoms with van der Waals surface area (Å²) in [6, 6.07) is 18.6. The van der Waals surface area contributed by atoms with Gasteiger partial charge in [-0.2, -0.15) is 0 Å². The molecule has 35 heavy (non-hydrogen) atoms. The van der Waals surface area contributed by atoms with Crippen LogP contribution in [0.25, 0.3) is 11.1 Å². The van der Waals surface area contributed by atoms with E-state index in [0.717, 1.165) is 61.6 Å². The number of benzene rings is 2. The van der Waals surface area contributed by atoms with Crippen LogP contribution in [0.5, 0.6) is 5.75 Å². The Balaban J connectivity index is 1.36. The van der Waals surface area contributed by atoms with Crippen LogP contribution in [-0.2, 0) is 0 Å². The van der Waals surface area contributed by atoms with Crippen LogP contribution in [0.2, 0.25) is 0 Å². The van der Waals surface area contributed by atoms with Crippen molar-refractivity contribution in [3.63, 3.8) is 0 Å². The maximum atomic E-state index is 6.57. The van der Waals surface area contributed by atoms with E-state index in [2.05, 4.69) is 95.4 Å². The molecule has 0 saturated carbocycles. The summed E-state index contributed by atoms with van der Waals surface area (Å²) in [5, 5.41) is 3.16. The lowest BCUT2D eigenvalue weighted by atomic mass is 9.94. The molecule has 2 atom stereocenters. The van der Waals surface area contributed by atoms with Crippen molar-refractivity contribution in [3.8, 4) is 28.8 Å². The molecule has 1 aromatic heterocycles. The van der Waals surface area contributed by atoms with Crippen LogP contribution in [0.15, 0.2) is 48.8 Å². The molecule has 2 aromatic carbocycles. The third-order valence-electron chi connectivity index (χ3n) is 7.23. The van der Waals surface area contributed by atoms with E-state index >= 15 is 0 Å². The highest BCUT2D eigenvalue weighted by molar-refractivity contribution is 5.83. The highest BCUT2D eigenvalue weighted by Crippen LogP contribution is 2.50. The van der Waals surface area contributed by atoms with E-state index in [4.69, 9.17) is 4.74 Å². The van der Waals surface area contributed by atoms with E-state index < -0.39 is 0 Å². The summed E-state index contributed by atoms with van der Waals surface area (Å²) in [6.07, 6.45) is 6.87. The van der Waals surface area contributed by atoms with Crippen LogP contribution < -0.4 is 15.0 Å². The summed E-state index contributed by atoms with van der Waals surface area (Å²) in [5.74, 6) is 6.32. The van der Waals surface area contributed by atoms with Gasteiger partial charge in [-0.15, -0.1) is 0 Å². The minimum absolute atomic E-state index is 0.275. The smallest absolute Gasteiger partial charge is 0.145 e. The molecular formula is C30H34N4O. The van der Waals surface area contributed by atoms with Gasteiger partial charge in [0.05, 0.1) is 6.04 Å². The number of hydrogen-bond donors (Lipinski definition) is 1. The van der Waals surface area contributed by atoms with E-state index in [1.807, 2.05) is 0 Å². The van der Waals surface area contributed by atoms with Crippen molar-refractivity contribution in [1.82, 2.24) is 9.97 Å². The number of unbranched alkanes of at least 4 members (excludes halogenated alkanes) is 1. The summed E-state index contributed by atoms with van der Waals surface area (Å²) >= 11 is 0. The van der Waals surface area contributed by atoms with Gasteiger partial charge in [0.25, 0.3) is 0 Å². The van der Waals surface area contributed by atoms with E-state index in [0.29, 0.717) is 12.5 Å². The second-order valence-corrected chi connectivity index (χ2v) is 9.42. The summed E-state index contributed by atoms with van der Waals surface area (Å²) in [4.78, 5) is 11.5. The van der Waals surface area contributed by atoms with Crippen LogP contribution in [0.4, 0.5) is 11.6 Å². The van der Waals surface area contributed by atoms with Crippen molar-refractivity contribution >= 4 is 11.6 Å². The van der Waals surface area contributed by atoms with Gasteiger partial charge in [0.2, 0.25) is 0 Å². The lowest BCUT2D eigenvalue weighted by Gasteiger charge is -2.27. The fourth-order valence-corrected chi connectivity index (χ4v) is 5.50. The number of anilines is 2. The van der Waals surface area contributed by atoms with Crippen molar-refractivity contribution in [2.45, 2.75) is 64.8 Å². The third-order valence-corrected chi connectivity index (χ3v) is 7.23. The van der Waals surface area contributed by atoms with Crippen LogP contribution in [0.3, 0.4) is 0 Å². The quantitative estimate of drug-likeness (QED) is 0.317. The SMILES string of the molecule is CCCC#CNc1ncnc(N2CCCC2COc2cccc3c2-c2ccccc2C3CC)c1C. The van der Waals surface area contributed by atoms with Gasteiger partial charge in [0, 0.05) is 36.1 Å². The molecular weight excluding hydrogens is 432 g/mol. The van der Waals surface area contributed by atoms with Crippen molar-refractivity contribution in [1.29, 1.82) is 0 Å². The topological polar surface area (TPSA) is 50.3 Å². The molecule has 5 nitrogen and oxygen atoms in total. The fraction of sp³-hybridized carbons (Fsp3) is 0.400. The standard InChI is InChI=1S/C30H34N4O/c1-4-6-9-17-31-29-21(3)30(33-20-32-29)34-18-11-12-22(34)19-35-27-16-10-15-25-23(5-2)24-13-7-8-14-26(24)28(25)27/h7-8,10,13-16,20,22-23H,4-6,11-12,18-19H2,1-3H3,(H,31,32,33). The molecule has 1 aliphatic carbocycles.